The van der Waals surface area contributed by atoms with Gasteiger partial charge in [0.1, 0.15) is 0 Å². The predicted octanol–water partition coefficient (Wildman–Crippen LogP) is 1.06. The van der Waals surface area contributed by atoms with E-state index in [1.54, 1.807) is 24.3 Å². The van der Waals surface area contributed by atoms with Crippen LogP contribution in [0.3, 0.4) is 0 Å². The van der Waals surface area contributed by atoms with E-state index in [0.717, 1.165) is 33.7 Å². The molecule has 0 aliphatic carbocycles. The van der Waals surface area contributed by atoms with E-state index in [2.05, 4.69) is 26.1 Å². The fourth-order valence-electron chi connectivity index (χ4n) is 1.96. The number of carbonyl (C=O) groups excluding carboxylic acids is 3. The van der Waals surface area contributed by atoms with Crippen molar-refractivity contribution in [2.24, 2.45) is 0 Å². The molecule has 0 radical (unpaired) electrons. The number of hydrogen-bond acceptors (Lipinski definition) is 9. The summed E-state index contributed by atoms with van der Waals surface area (Å²) in [4.78, 5) is 34.9. The van der Waals surface area contributed by atoms with E-state index in [0.29, 0.717) is 15.7 Å². The number of rotatable bonds is 9. The number of benzene rings is 1. The van der Waals surface area contributed by atoms with Crippen molar-refractivity contribution in [3.63, 3.8) is 0 Å². The van der Waals surface area contributed by atoms with Crippen molar-refractivity contribution in [1.82, 2.24) is 14.5 Å². The van der Waals surface area contributed by atoms with E-state index in [1.807, 2.05) is 0 Å². The molecule has 1 heterocycles. The van der Waals surface area contributed by atoms with E-state index < -0.39 is 15.9 Å². The molecule has 0 saturated carbocycles. The fourth-order valence-corrected chi connectivity index (χ4v) is 3.88. The second-order valence-electron chi connectivity index (χ2n) is 6.04. The maximum atomic E-state index is 12.1. The number of amides is 3. The number of thioether (sulfide) groups is 1. The van der Waals surface area contributed by atoms with Gasteiger partial charge in [-0.05, 0) is 24.3 Å². The molecule has 0 unspecified atom stereocenters. The van der Waals surface area contributed by atoms with Crippen molar-refractivity contribution in [3.8, 4) is 0 Å². The van der Waals surface area contributed by atoms with Crippen LogP contribution in [0.2, 0.25) is 0 Å². The summed E-state index contributed by atoms with van der Waals surface area (Å²) in [6, 6.07) is 6.68. The number of anilines is 3. The van der Waals surface area contributed by atoms with E-state index in [4.69, 9.17) is 0 Å². The Bertz CT molecular complexity index is 1020. The Balaban J connectivity index is 1.80. The average molecular weight is 473 g/mol. The maximum Gasteiger partial charge on any atom is 0.241 e. The van der Waals surface area contributed by atoms with Crippen LogP contribution in [0.4, 0.5) is 16.5 Å². The van der Waals surface area contributed by atoms with Crippen molar-refractivity contribution >= 4 is 67.3 Å². The Morgan fingerprint density at radius 1 is 1.03 bits per heavy atom. The fraction of sp³-hybridized carbons (Fsp3) is 0.312. The highest BCUT2D eigenvalue weighted by Gasteiger charge is 2.17. The lowest BCUT2D eigenvalue weighted by atomic mass is 10.3. The Morgan fingerprint density at radius 3 is 2.20 bits per heavy atom. The zero-order valence-electron chi connectivity index (χ0n) is 16.3. The van der Waals surface area contributed by atoms with Gasteiger partial charge >= 0.3 is 0 Å². The van der Waals surface area contributed by atoms with Gasteiger partial charge in [0.05, 0.1) is 18.6 Å². The SMILES string of the molecule is CC(=O)Nc1ccc(NC(=O)CSc2nnc(NC(=O)CN(C)S(C)(=O)=O)s2)cc1. The molecule has 3 N–H and O–H groups in total. The molecule has 1 aromatic heterocycles. The van der Waals surface area contributed by atoms with Gasteiger partial charge in [-0.25, -0.2) is 8.42 Å². The zero-order chi connectivity index (χ0) is 22.3. The van der Waals surface area contributed by atoms with Crippen molar-refractivity contribution in [1.29, 1.82) is 0 Å². The summed E-state index contributed by atoms with van der Waals surface area (Å²) < 4.78 is 24.0. The van der Waals surface area contributed by atoms with Crippen molar-refractivity contribution in [3.05, 3.63) is 24.3 Å². The molecule has 0 bridgehead atoms. The summed E-state index contributed by atoms with van der Waals surface area (Å²) in [6.45, 7) is 1.06. The average Bonchev–Trinajstić information content (AvgIpc) is 3.07. The first-order valence-electron chi connectivity index (χ1n) is 8.38. The number of carbonyl (C=O) groups is 3. The summed E-state index contributed by atoms with van der Waals surface area (Å²) in [5.74, 6) is -0.913. The topological polar surface area (TPSA) is 150 Å². The lowest BCUT2D eigenvalue weighted by molar-refractivity contribution is -0.116. The number of hydrogen-bond donors (Lipinski definition) is 3. The quantitative estimate of drug-likeness (QED) is 0.362. The summed E-state index contributed by atoms with van der Waals surface area (Å²) in [7, 11) is -2.17. The number of likely N-dealkylation sites (N-methyl/N-ethyl adjacent to an activating group) is 1. The van der Waals surface area contributed by atoms with Crippen LogP contribution in [0, 0.1) is 0 Å². The van der Waals surface area contributed by atoms with E-state index in [9.17, 15) is 22.8 Å². The molecule has 2 rings (SSSR count). The van der Waals surface area contributed by atoms with Crippen molar-refractivity contribution < 1.29 is 22.8 Å². The van der Waals surface area contributed by atoms with E-state index >= 15 is 0 Å². The van der Waals surface area contributed by atoms with Crippen LogP contribution in [-0.4, -0.2) is 66.2 Å². The standard InChI is InChI=1S/C16H20N6O5S3/c1-10(23)17-11-4-6-12(7-5-11)18-14(25)9-28-16-21-20-15(29-16)19-13(24)8-22(2)30(3,26)27/h4-7H,8-9H2,1-3H3,(H,17,23)(H,18,25)(H,19,20,24). The third kappa shape index (κ3) is 8.06. The molecule has 0 aliphatic rings. The molecule has 1 aromatic carbocycles. The number of sulfonamides is 1. The molecule has 0 fully saturated rings. The molecule has 162 valence electrons. The Hall–Kier alpha value is -2.55. The van der Waals surface area contributed by atoms with Crippen LogP contribution in [0.1, 0.15) is 6.92 Å². The number of aromatic nitrogens is 2. The third-order valence-corrected chi connectivity index (χ3v) is 6.63. The molecule has 30 heavy (non-hydrogen) atoms. The molecular weight excluding hydrogens is 452 g/mol. The third-order valence-electron chi connectivity index (χ3n) is 3.40. The van der Waals surface area contributed by atoms with Crippen LogP contribution >= 0.6 is 23.1 Å². The number of nitrogens with one attached hydrogen (secondary N) is 3. The Morgan fingerprint density at radius 2 is 1.63 bits per heavy atom. The monoisotopic (exact) mass is 472 g/mol. The summed E-state index contributed by atoms with van der Waals surface area (Å²) in [5.41, 5.74) is 1.20. The molecule has 11 nitrogen and oxygen atoms in total. The number of nitrogens with zero attached hydrogens (tertiary/aromatic N) is 3. The van der Waals surface area contributed by atoms with Crippen LogP contribution in [0.15, 0.2) is 28.6 Å². The zero-order valence-corrected chi connectivity index (χ0v) is 18.8. The van der Waals surface area contributed by atoms with Crippen molar-refractivity contribution in [2.45, 2.75) is 11.3 Å². The minimum atomic E-state index is -3.46. The highest BCUT2D eigenvalue weighted by atomic mass is 32.2. The first kappa shape index (κ1) is 23.7. The molecule has 0 saturated heterocycles. The molecule has 2 aromatic rings. The molecule has 14 heteroatoms. The van der Waals surface area contributed by atoms with Gasteiger partial charge in [0.15, 0.2) is 4.34 Å². The van der Waals surface area contributed by atoms with Gasteiger partial charge in [-0.2, -0.15) is 4.31 Å². The Kier molecular flexibility index (Phi) is 8.28. The normalized spacial score (nSPS) is 11.2. The first-order chi connectivity index (χ1) is 14.0. The molecular formula is C16H20N6O5S3. The van der Waals surface area contributed by atoms with Gasteiger partial charge in [0.2, 0.25) is 32.9 Å². The molecule has 0 spiro atoms. The van der Waals surface area contributed by atoms with Gasteiger partial charge < -0.3 is 10.6 Å². The first-order valence-corrected chi connectivity index (χ1v) is 12.0. The van der Waals surface area contributed by atoms with Crippen LogP contribution < -0.4 is 16.0 Å². The predicted molar refractivity (Wildman–Crippen MR) is 116 cm³/mol. The molecule has 0 atom stereocenters. The van der Waals surface area contributed by atoms with E-state index in [1.165, 1.54) is 14.0 Å². The summed E-state index contributed by atoms with van der Waals surface area (Å²) in [6.07, 6.45) is 1.00. The van der Waals surface area contributed by atoms with Gasteiger partial charge in [-0.1, -0.05) is 23.1 Å². The summed E-state index contributed by atoms with van der Waals surface area (Å²) in [5, 5.41) is 15.7. The smallest absolute Gasteiger partial charge is 0.241 e. The van der Waals surface area contributed by atoms with Gasteiger partial charge in [-0.3, -0.25) is 19.7 Å². The lowest BCUT2D eigenvalue weighted by Crippen LogP contribution is -2.34. The van der Waals surface area contributed by atoms with Gasteiger partial charge in [0.25, 0.3) is 0 Å². The minimum Gasteiger partial charge on any atom is -0.326 e. The van der Waals surface area contributed by atoms with Gasteiger partial charge in [-0.15, -0.1) is 10.2 Å². The van der Waals surface area contributed by atoms with Crippen LogP contribution in [0.25, 0.3) is 0 Å². The Labute approximate surface area is 181 Å². The maximum absolute atomic E-state index is 12.1. The van der Waals surface area contributed by atoms with Gasteiger partial charge in [0, 0.05) is 25.3 Å². The molecule has 3 amide bonds. The van der Waals surface area contributed by atoms with Crippen molar-refractivity contribution in [2.75, 3.05) is 41.6 Å². The lowest BCUT2D eigenvalue weighted by Gasteiger charge is -2.12. The molecule has 0 aliphatic heterocycles. The highest BCUT2D eigenvalue weighted by Crippen LogP contribution is 2.25. The van der Waals surface area contributed by atoms with E-state index in [-0.39, 0.29) is 29.2 Å². The summed E-state index contributed by atoms with van der Waals surface area (Å²) >= 11 is 2.22. The second-order valence-corrected chi connectivity index (χ2v) is 10.3. The minimum absolute atomic E-state index is 0.0762. The largest absolute Gasteiger partial charge is 0.326 e. The van der Waals surface area contributed by atoms with Crippen LogP contribution in [0.5, 0.6) is 0 Å². The highest BCUT2D eigenvalue weighted by molar-refractivity contribution is 8.01. The van der Waals surface area contributed by atoms with Crippen LogP contribution in [-0.2, 0) is 24.4 Å². The second kappa shape index (κ2) is 10.5.